The number of amides is 1. The first-order valence-electron chi connectivity index (χ1n) is 6.49. The Hall–Kier alpha value is -1.10. The quantitative estimate of drug-likeness (QED) is 0.915. The van der Waals surface area contributed by atoms with Crippen LogP contribution in [0.1, 0.15) is 16.8 Å². The standard InChI is InChI=1S/C14H19ClN2O2/c1-17-8-9-19-11(10-17)6-7-16-14(18)12-4-2-3-5-13(12)15/h2-5,11H,6-10H2,1H3,(H,16,18). The van der Waals surface area contributed by atoms with Gasteiger partial charge in [0.2, 0.25) is 0 Å². The number of likely N-dealkylation sites (N-methyl/N-ethyl adjacent to an activating group) is 1. The minimum absolute atomic E-state index is 0.130. The average molecular weight is 283 g/mol. The number of benzene rings is 1. The fourth-order valence-corrected chi connectivity index (χ4v) is 2.35. The second kappa shape index (κ2) is 6.89. The minimum atomic E-state index is -0.130. The average Bonchev–Trinajstić information content (AvgIpc) is 2.39. The fraction of sp³-hybridized carbons (Fsp3) is 0.500. The molecule has 1 saturated heterocycles. The van der Waals surface area contributed by atoms with Crippen molar-refractivity contribution in [2.24, 2.45) is 0 Å². The Morgan fingerprint density at radius 2 is 2.32 bits per heavy atom. The molecule has 1 aliphatic rings. The summed E-state index contributed by atoms with van der Waals surface area (Å²) in [6, 6.07) is 7.06. The van der Waals surface area contributed by atoms with Crippen molar-refractivity contribution in [1.82, 2.24) is 10.2 Å². The lowest BCUT2D eigenvalue weighted by atomic mass is 10.2. The minimum Gasteiger partial charge on any atom is -0.375 e. The van der Waals surface area contributed by atoms with Crippen molar-refractivity contribution < 1.29 is 9.53 Å². The molecule has 0 spiro atoms. The van der Waals surface area contributed by atoms with E-state index in [-0.39, 0.29) is 12.0 Å². The second-order valence-corrected chi connectivity index (χ2v) is 5.19. The van der Waals surface area contributed by atoms with Gasteiger partial charge in [-0.3, -0.25) is 4.79 Å². The Balaban J connectivity index is 1.76. The summed E-state index contributed by atoms with van der Waals surface area (Å²) in [5, 5.41) is 3.36. The van der Waals surface area contributed by atoms with Crippen molar-refractivity contribution in [3.8, 4) is 0 Å². The number of halogens is 1. The molecule has 0 radical (unpaired) electrons. The molecule has 0 bridgehead atoms. The molecule has 0 saturated carbocycles. The van der Waals surface area contributed by atoms with Gasteiger partial charge < -0.3 is 15.0 Å². The predicted molar refractivity (Wildman–Crippen MR) is 75.6 cm³/mol. The Morgan fingerprint density at radius 1 is 1.53 bits per heavy atom. The zero-order valence-corrected chi connectivity index (χ0v) is 11.8. The van der Waals surface area contributed by atoms with Gasteiger partial charge in [-0.25, -0.2) is 0 Å². The summed E-state index contributed by atoms with van der Waals surface area (Å²) in [5.41, 5.74) is 0.519. The van der Waals surface area contributed by atoms with Gasteiger partial charge in [-0.1, -0.05) is 23.7 Å². The summed E-state index contributed by atoms with van der Waals surface area (Å²) in [7, 11) is 2.08. The highest BCUT2D eigenvalue weighted by Gasteiger charge is 2.17. The molecule has 1 fully saturated rings. The second-order valence-electron chi connectivity index (χ2n) is 4.78. The molecular formula is C14H19ClN2O2. The maximum Gasteiger partial charge on any atom is 0.252 e. The van der Waals surface area contributed by atoms with Gasteiger partial charge in [-0.15, -0.1) is 0 Å². The van der Waals surface area contributed by atoms with Crippen molar-refractivity contribution in [2.75, 3.05) is 33.3 Å². The summed E-state index contributed by atoms with van der Waals surface area (Å²) in [4.78, 5) is 14.2. The van der Waals surface area contributed by atoms with Crippen LogP contribution in [0, 0.1) is 0 Å². The van der Waals surface area contributed by atoms with Gasteiger partial charge in [0.25, 0.3) is 5.91 Å². The molecule has 0 aliphatic carbocycles. The lowest BCUT2D eigenvalue weighted by Crippen LogP contribution is -2.41. The highest BCUT2D eigenvalue weighted by molar-refractivity contribution is 6.33. The van der Waals surface area contributed by atoms with E-state index in [2.05, 4.69) is 17.3 Å². The molecule has 2 rings (SSSR count). The van der Waals surface area contributed by atoms with Crippen LogP contribution in [0.4, 0.5) is 0 Å². The van der Waals surface area contributed by atoms with Crippen molar-refractivity contribution in [2.45, 2.75) is 12.5 Å². The number of hydrogen-bond acceptors (Lipinski definition) is 3. The number of nitrogens with zero attached hydrogens (tertiary/aromatic N) is 1. The summed E-state index contributed by atoms with van der Waals surface area (Å²) in [5.74, 6) is -0.130. The number of nitrogens with one attached hydrogen (secondary N) is 1. The fourth-order valence-electron chi connectivity index (χ4n) is 2.13. The molecule has 0 aromatic heterocycles. The molecule has 104 valence electrons. The molecule has 4 nitrogen and oxygen atoms in total. The maximum atomic E-state index is 11.9. The smallest absolute Gasteiger partial charge is 0.252 e. The Labute approximate surface area is 118 Å². The summed E-state index contributed by atoms with van der Waals surface area (Å²) >= 11 is 5.97. The first-order valence-corrected chi connectivity index (χ1v) is 6.87. The molecule has 5 heteroatoms. The third-order valence-corrected chi connectivity index (χ3v) is 3.54. The number of hydrogen-bond donors (Lipinski definition) is 1. The van der Waals surface area contributed by atoms with Crippen LogP contribution in [0.3, 0.4) is 0 Å². The van der Waals surface area contributed by atoms with Gasteiger partial charge in [-0.2, -0.15) is 0 Å². The van der Waals surface area contributed by atoms with E-state index in [4.69, 9.17) is 16.3 Å². The van der Waals surface area contributed by atoms with Crippen LogP contribution in [-0.4, -0.2) is 50.2 Å². The normalized spacial score (nSPS) is 20.2. The third-order valence-electron chi connectivity index (χ3n) is 3.21. The van der Waals surface area contributed by atoms with Crippen molar-refractivity contribution >= 4 is 17.5 Å². The van der Waals surface area contributed by atoms with Crippen molar-refractivity contribution in [1.29, 1.82) is 0 Å². The van der Waals surface area contributed by atoms with Gasteiger partial charge in [0.05, 0.1) is 23.3 Å². The zero-order valence-electron chi connectivity index (χ0n) is 11.1. The molecule has 1 amide bonds. The molecule has 1 aromatic rings. The number of carbonyl (C=O) groups excluding carboxylic acids is 1. The van der Waals surface area contributed by atoms with Gasteiger partial charge in [0, 0.05) is 19.6 Å². The van der Waals surface area contributed by atoms with E-state index in [0.29, 0.717) is 17.1 Å². The van der Waals surface area contributed by atoms with E-state index < -0.39 is 0 Å². The predicted octanol–water partition coefficient (Wildman–Crippen LogP) is 1.79. The summed E-state index contributed by atoms with van der Waals surface area (Å²) in [6.45, 7) is 3.26. The van der Waals surface area contributed by atoms with Gasteiger partial charge >= 0.3 is 0 Å². The highest BCUT2D eigenvalue weighted by Crippen LogP contribution is 2.14. The van der Waals surface area contributed by atoms with Crippen LogP contribution in [0.15, 0.2) is 24.3 Å². The number of ether oxygens (including phenoxy) is 1. The van der Waals surface area contributed by atoms with Crippen LogP contribution in [0.2, 0.25) is 5.02 Å². The van der Waals surface area contributed by atoms with Gasteiger partial charge in [-0.05, 0) is 25.6 Å². The molecule has 1 aliphatic heterocycles. The van der Waals surface area contributed by atoms with Crippen LogP contribution in [0.25, 0.3) is 0 Å². The van der Waals surface area contributed by atoms with Gasteiger partial charge in [0.1, 0.15) is 0 Å². The van der Waals surface area contributed by atoms with E-state index in [0.717, 1.165) is 26.1 Å². The summed E-state index contributed by atoms with van der Waals surface area (Å²) < 4.78 is 5.64. The van der Waals surface area contributed by atoms with E-state index in [1.165, 1.54) is 0 Å². The third kappa shape index (κ3) is 4.20. The van der Waals surface area contributed by atoms with Crippen molar-refractivity contribution in [3.05, 3.63) is 34.9 Å². The molecule has 1 heterocycles. The number of morpholine rings is 1. The van der Waals surface area contributed by atoms with Gasteiger partial charge in [0.15, 0.2) is 0 Å². The molecule has 1 aromatic carbocycles. The van der Waals surface area contributed by atoms with Crippen molar-refractivity contribution in [3.63, 3.8) is 0 Å². The topological polar surface area (TPSA) is 41.6 Å². The van der Waals surface area contributed by atoms with Crippen LogP contribution in [-0.2, 0) is 4.74 Å². The summed E-state index contributed by atoms with van der Waals surface area (Å²) in [6.07, 6.45) is 1.02. The van der Waals surface area contributed by atoms with E-state index >= 15 is 0 Å². The lowest BCUT2D eigenvalue weighted by Gasteiger charge is -2.30. The van der Waals surface area contributed by atoms with E-state index in [9.17, 15) is 4.79 Å². The largest absolute Gasteiger partial charge is 0.375 e. The highest BCUT2D eigenvalue weighted by atomic mass is 35.5. The molecule has 1 atom stereocenters. The zero-order chi connectivity index (χ0) is 13.7. The molecule has 19 heavy (non-hydrogen) atoms. The van der Waals surface area contributed by atoms with Crippen LogP contribution < -0.4 is 5.32 Å². The molecular weight excluding hydrogens is 264 g/mol. The Morgan fingerprint density at radius 3 is 3.05 bits per heavy atom. The molecule has 1 N–H and O–H groups in total. The first kappa shape index (κ1) is 14.3. The lowest BCUT2D eigenvalue weighted by molar-refractivity contribution is -0.0225. The van der Waals surface area contributed by atoms with Crippen LogP contribution in [0.5, 0.6) is 0 Å². The van der Waals surface area contributed by atoms with E-state index in [1.807, 2.05) is 6.07 Å². The number of carbonyl (C=O) groups is 1. The molecule has 1 unspecified atom stereocenters. The Bertz CT molecular complexity index is 439. The Kier molecular flexibility index (Phi) is 5.19. The van der Waals surface area contributed by atoms with Crippen LogP contribution >= 0.6 is 11.6 Å². The first-order chi connectivity index (χ1) is 9.16. The monoisotopic (exact) mass is 282 g/mol. The SMILES string of the molecule is CN1CCOC(CCNC(=O)c2ccccc2Cl)C1. The number of rotatable bonds is 4. The van der Waals surface area contributed by atoms with E-state index in [1.54, 1.807) is 18.2 Å². The maximum absolute atomic E-state index is 11.9.